The monoisotopic (exact) mass is 338 g/mol. The van der Waals surface area contributed by atoms with Gasteiger partial charge >= 0.3 is 0 Å². The molecule has 1 aliphatic heterocycles. The van der Waals surface area contributed by atoms with Crippen LogP contribution >= 0.6 is 0 Å². The fraction of sp³-hybridized carbons (Fsp3) is 0.389. The molecule has 25 heavy (non-hydrogen) atoms. The number of nitrogens with zero attached hydrogens (tertiary/aromatic N) is 5. The molecule has 1 saturated heterocycles. The van der Waals surface area contributed by atoms with Gasteiger partial charge in [-0.1, -0.05) is 0 Å². The van der Waals surface area contributed by atoms with Crippen molar-refractivity contribution < 1.29 is 4.74 Å². The third-order valence-electron chi connectivity index (χ3n) is 4.73. The molecular weight excluding hydrogens is 316 g/mol. The summed E-state index contributed by atoms with van der Waals surface area (Å²) in [6.45, 7) is 1.96. The predicted octanol–water partition coefficient (Wildman–Crippen LogP) is 2.61. The molecule has 0 saturated carbocycles. The molecule has 0 unspecified atom stereocenters. The maximum atomic E-state index is 6.24. The lowest BCUT2D eigenvalue weighted by Gasteiger charge is -2.26. The van der Waals surface area contributed by atoms with Crippen molar-refractivity contribution in [3.63, 3.8) is 0 Å². The molecule has 1 aliphatic rings. The smallest absolute Gasteiger partial charge is 0.228 e. The summed E-state index contributed by atoms with van der Waals surface area (Å²) in [6.07, 6.45) is 3.61. The van der Waals surface area contributed by atoms with Crippen molar-refractivity contribution in [2.24, 2.45) is 7.05 Å². The average molecular weight is 338 g/mol. The minimum absolute atomic E-state index is 0.575. The number of anilines is 2. The van der Waals surface area contributed by atoms with Crippen molar-refractivity contribution in [3.8, 4) is 17.0 Å². The highest BCUT2D eigenvalue weighted by atomic mass is 16.5. The van der Waals surface area contributed by atoms with Gasteiger partial charge < -0.3 is 15.4 Å². The Morgan fingerprint density at radius 1 is 1.04 bits per heavy atom. The number of hydrogen-bond acceptors (Lipinski definition) is 6. The van der Waals surface area contributed by atoms with Crippen molar-refractivity contribution in [2.75, 3.05) is 30.8 Å². The Hall–Kier alpha value is -2.83. The molecule has 3 heterocycles. The Balaban J connectivity index is 1.89. The van der Waals surface area contributed by atoms with Gasteiger partial charge in [0.15, 0.2) is 5.65 Å². The van der Waals surface area contributed by atoms with E-state index in [4.69, 9.17) is 15.5 Å². The minimum atomic E-state index is 0.575. The number of methoxy groups -OCH3 is 1. The van der Waals surface area contributed by atoms with Crippen LogP contribution < -0.4 is 15.4 Å². The van der Waals surface area contributed by atoms with Crippen LogP contribution in [0, 0.1) is 0 Å². The summed E-state index contributed by atoms with van der Waals surface area (Å²) < 4.78 is 6.92. The average Bonchev–Trinajstić information content (AvgIpc) is 2.96. The van der Waals surface area contributed by atoms with Crippen LogP contribution in [0.3, 0.4) is 0 Å². The number of aromatic nitrogens is 4. The van der Waals surface area contributed by atoms with Gasteiger partial charge in [-0.2, -0.15) is 10.1 Å². The van der Waals surface area contributed by atoms with E-state index in [0.29, 0.717) is 11.5 Å². The topological polar surface area (TPSA) is 82.1 Å². The lowest BCUT2D eigenvalue weighted by Crippen LogP contribution is -2.31. The summed E-state index contributed by atoms with van der Waals surface area (Å²) in [5.74, 6) is 2.12. The van der Waals surface area contributed by atoms with Crippen LogP contribution in [0.4, 0.5) is 11.8 Å². The van der Waals surface area contributed by atoms with Crippen molar-refractivity contribution in [1.82, 2.24) is 19.7 Å². The van der Waals surface area contributed by atoms with E-state index in [1.165, 1.54) is 19.3 Å². The standard InChI is InChI=1S/C18H22N6O/c1-23-16(19)14-15(12-6-8-13(25-2)9-7-12)20-18(21-17(14)22-23)24-10-4-3-5-11-24/h6-9H,3-5,10-11,19H2,1-2H3. The molecule has 0 radical (unpaired) electrons. The van der Waals surface area contributed by atoms with E-state index in [9.17, 15) is 0 Å². The summed E-state index contributed by atoms with van der Waals surface area (Å²) in [5.41, 5.74) is 8.68. The first-order chi connectivity index (χ1) is 12.2. The van der Waals surface area contributed by atoms with Crippen molar-refractivity contribution in [3.05, 3.63) is 24.3 Å². The molecular formula is C18H22N6O. The first-order valence-corrected chi connectivity index (χ1v) is 8.57. The van der Waals surface area contributed by atoms with E-state index in [2.05, 4.69) is 15.0 Å². The summed E-state index contributed by atoms with van der Waals surface area (Å²) in [5, 5.41) is 5.28. The highest BCUT2D eigenvalue weighted by Gasteiger charge is 2.21. The number of aryl methyl sites for hydroxylation is 1. The molecule has 2 N–H and O–H groups in total. The van der Waals surface area contributed by atoms with Gasteiger partial charge in [-0.3, -0.25) is 4.68 Å². The zero-order valence-electron chi connectivity index (χ0n) is 14.6. The number of rotatable bonds is 3. The van der Waals surface area contributed by atoms with Crippen LogP contribution in [0.25, 0.3) is 22.3 Å². The number of nitrogen functional groups attached to an aromatic ring is 1. The lowest BCUT2D eigenvalue weighted by molar-refractivity contribution is 0.415. The van der Waals surface area contributed by atoms with Crippen LogP contribution in [-0.4, -0.2) is 39.9 Å². The maximum Gasteiger partial charge on any atom is 0.228 e. The maximum absolute atomic E-state index is 6.24. The summed E-state index contributed by atoms with van der Waals surface area (Å²) in [4.78, 5) is 11.8. The molecule has 7 nitrogen and oxygen atoms in total. The first-order valence-electron chi connectivity index (χ1n) is 8.57. The van der Waals surface area contributed by atoms with Crippen LogP contribution in [0.5, 0.6) is 5.75 Å². The third-order valence-corrected chi connectivity index (χ3v) is 4.73. The Kier molecular flexibility index (Phi) is 3.91. The third kappa shape index (κ3) is 2.75. The SMILES string of the molecule is COc1ccc(-c2nc(N3CCCCC3)nc3nn(C)c(N)c23)cc1. The minimum Gasteiger partial charge on any atom is -0.497 e. The molecule has 2 aromatic heterocycles. The lowest BCUT2D eigenvalue weighted by atomic mass is 10.1. The van der Waals surface area contributed by atoms with E-state index in [1.807, 2.05) is 31.3 Å². The van der Waals surface area contributed by atoms with Gasteiger partial charge in [0.05, 0.1) is 18.2 Å². The summed E-state index contributed by atoms with van der Waals surface area (Å²) in [6, 6.07) is 7.84. The number of hydrogen-bond donors (Lipinski definition) is 1. The van der Waals surface area contributed by atoms with E-state index >= 15 is 0 Å². The van der Waals surface area contributed by atoms with E-state index < -0.39 is 0 Å². The van der Waals surface area contributed by atoms with Gasteiger partial charge in [0.1, 0.15) is 11.6 Å². The second-order valence-electron chi connectivity index (χ2n) is 6.36. The Bertz CT molecular complexity index is 896. The first kappa shape index (κ1) is 15.7. The predicted molar refractivity (Wildman–Crippen MR) is 98.8 cm³/mol. The Morgan fingerprint density at radius 2 is 1.76 bits per heavy atom. The second kappa shape index (κ2) is 6.23. The number of fused-ring (bicyclic) bond motifs is 1. The fourth-order valence-corrected chi connectivity index (χ4v) is 3.30. The van der Waals surface area contributed by atoms with Crippen molar-refractivity contribution >= 4 is 22.8 Å². The number of nitrogens with two attached hydrogens (primary N) is 1. The molecule has 0 atom stereocenters. The van der Waals surface area contributed by atoms with Crippen LogP contribution in [0.1, 0.15) is 19.3 Å². The molecule has 130 valence electrons. The van der Waals surface area contributed by atoms with Gasteiger partial charge in [-0.15, -0.1) is 0 Å². The highest BCUT2D eigenvalue weighted by molar-refractivity contribution is 5.98. The Labute approximate surface area is 146 Å². The summed E-state index contributed by atoms with van der Waals surface area (Å²) in [7, 11) is 3.49. The van der Waals surface area contributed by atoms with Gasteiger partial charge in [0.2, 0.25) is 5.95 Å². The molecule has 0 spiro atoms. The molecule has 1 fully saturated rings. The van der Waals surface area contributed by atoms with E-state index in [-0.39, 0.29) is 0 Å². The number of piperidine rings is 1. The van der Waals surface area contributed by atoms with Crippen molar-refractivity contribution in [2.45, 2.75) is 19.3 Å². The normalized spacial score (nSPS) is 14.9. The molecule has 0 amide bonds. The highest BCUT2D eigenvalue weighted by Crippen LogP contribution is 2.33. The van der Waals surface area contributed by atoms with Gasteiger partial charge in [0.25, 0.3) is 0 Å². The van der Waals surface area contributed by atoms with Gasteiger partial charge in [-0.25, -0.2) is 4.98 Å². The van der Waals surface area contributed by atoms with Crippen LogP contribution in [0.15, 0.2) is 24.3 Å². The summed E-state index contributed by atoms with van der Waals surface area (Å²) >= 11 is 0. The van der Waals surface area contributed by atoms with Gasteiger partial charge in [0, 0.05) is 25.7 Å². The Morgan fingerprint density at radius 3 is 2.44 bits per heavy atom. The fourth-order valence-electron chi connectivity index (χ4n) is 3.30. The quantitative estimate of drug-likeness (QED) is 0.790. The molecule has 4 rings (SSSR count). The molecule has 1 aromatic carbocycles. The van der Waals surface area contributed by atoms with Crippen LogP contribution in [-0.2, 0) is 7.05 Å². The molecule has 7 heteroatoms. The van der Waals surface area contributed by atoms with Gasteiger partial charge in [-0.05, 0) is 43.5 Å². The zero-order chi connectivity index (χ0) is 17.4. The molecule has 0 aliphatic carbocycles. The largest absolute Gasteiger partial charge is 0.497 e. The van der Waals surface area contributed by atoms with Crippen molar-refractivity contribution in [1.29, 1.82) is 0 Å². The molecule has 3 aromatic rings. The second-order valence-corrected chi connectivity index (χ2v) is 6.36. The molecule has 0 bridgehead atoms. The van der Waals surface area contributed by atoms with E-state index in [1.54, 1.807) is 11.8 Å². The van der Waals surface area contributed by atoms with E-state index in [0.717, 1.165) is 41.4 Å². The number of benzene rings is 1. The number of ether oxygens (including phenoxy) is 1. The zero-order valence-corrected chi connectivity index (χ0v) is 14.6. The van der Waals surface area contributed by atoms with Crippen LogP contribution in [0.2, 0.25) is 0 Å².